The zero-order valence-electron chi connectivity index (χ0n) is 11.0. The Morgan fingerprint density at radius 1 is 1.35 bits per heavy atom. The molecule has 0 saturated carbocycles. The molecule has 2 rings (SSSR count). The maximum atomic E-state index is 13.4. The fourth-order valence-corrected chi connectivity index (χ4v) is 1.98. The van der Waals surface area contributed by atoms with Crippen LogP contribution in [0.3, 0.4) is 0 Å². The van der Waals surface area contributed by atoms with Crippen LogP contribution in [0.25, 0.3) is 11.3 Å². The van der Waals surface area contributed by atoms with Gasteiger partial charge in [-0.2, -0.15) is 0 Å². The van der Waals surface area contributed by atoms with E-state index < -0.39 is 5.82 Å². The minimum atomic E-state index is -0.422. The summed E-state index contributed by atoms with van der Waals surface area (Å²) in [6.07, 6.45) is 3.85. The van der Waals surface area contributed by atoms with E-state index in [9.17, 15) is 4.39 Å². The van der Waals surface area contributed by atoms with Gasteiger partial charge in [-0.25, -0.2) is 9.37 Å². The molecule has 0 saturated heterocycles. The molecule has 1 aromatic heterocycles. The number of aliphatic hydroxyl groups excluding tert-OH is 1. The summed E-state index contributed by atoms with van der Waals surface area (Å²) in [5.41, 5.74) is 1.08. The second-order valence-electron chi connectivity index (χ2n) is 4.38. The molecule has 0 bridgehead atoms. The van der Waals surface area contributed by atoms with E-state index in [0.717, 1.165) is 6.42 Å². The van der Waals surface area contributed by atoms with Crippen LogP contribution in [-0.4, -0.2) is 27.7 Å². The first-order valence-electron chi connectivity index (χ1n) is 6.28. The maximum absolute atomic E-state index is 13.4. The van der Waals surface area contributed by atoms with Gasteiger partial charge in [-0.1, -0.05) is 18.5 Å². The highest BCUT2D eigenvalue weighted by atomic mass is 35.5. The summed E-state index contributed by atoms with van der Waals surface area (Å²) in [5.74, 6) is 0.109. The summed E-state index contributed by atoms with van der Waals surface area (Å²) in [6.45, 7) is 1.96. The standard InChI is InChI=1S/C14H15ClFN3O/c1-2-12(8-20)18-14-7-17-6-13(19-14)9-3-10(15)5-11(16)4-9/h3-7,12,20H,2,8H2,1H3,(H,18,19). The number of hydrogen-bond acceptors (Lipinski definition) is 4. The number of hydrogen-bond donors (Lipinski definition) is 2. The Morgan fingerprint density at radius 2 is 2.15 bits per heavy atom. The zero-order valence-corrected chi connectivity index (χ0v) is 11.7. The van der Waals surface area contributed by atoms with Gasteiger partial charge < -0.3 is 10.4 Å². The van der Waals surface area contributed by atoms with E-state index in [-0.39, 0.29) is 12.6 Å². The van der Waals surface area contributed by atoms with Crippen molar-refractivity contribution in [1.29, 1.82) is 0 Å². The molecule has 2 N–H and O–H groups in total. The van der Waals surface area contributed by atoms with Crippen molar-refractivity contribution in [3.05, 3.63) is 41.4 Å². The van der Waals surface area contributed by atoms with Crippen LogP contribution in [0, 0.1) is 5.82 Å². The quantitative estimate of drug-likeness (QED) is 0.890. The van der Waals surface area contributed by atoms with E-state index in [1.807, 2.05) is 6.92 Å². The Kier molecular flexibility index (Phi) is 4.87. The van der Waals surface area contributed by atoms with Gasteiger partial charge in [0.15, 0.2) is 0 Å². The Morgan fingerprint density at radius 3 is 2.80 bits per heavy atom. The second kappa shape index (κ2) is 6.63. The molecular formula is C14H15ClFN3O. The highest BCUT2D eigenvalue weighted by molar-refractivity contribution is 6.30. The summed E-state index contributed by atoms with van der Waals surface area (Å²) < 4.78 is 13.4. The van der Waals surface area contributed by atoms with Gasteiger partial charge in [-0.3, -0.25) is 4.98 Å². The Hall–Kier alpha value is -1.72. The third-order valence-electron chi connectivity index (χ3n) is 2.86. The van der Waals surface area contributed by atoms with Crippen LogP contribution in [0.4, 0.5) is 10.2 Å². The molecular weight excluding hydrogens is 281 g/mol. The number of nitrogens with one attached hydrogen (secondary N) is 1. The molecule has 0 fully saturated rings. The van der Waals surface area contributed by atoms with E-state index in [0.29, 0.717) is 22.1 Å². The van der Waals surface area contributed by atoms with E-state index in [2.05, 4.69) is 15.3 Å². The van der Waals surface area contributed by atoms with E-state index in [1.54, 1.807) is 12.3 Å². The van der Waals surface area contributed by atoms with Crippen LogP contribution in [0.1, 0.15) is 13.3 Å². The smallest absolute Gasteiger partial charge is 0.145 e. The van der Waals surface area contributed by atoms with Crippen LogP contribution in [0.15, 0.2) is 30.6 Å². The summed E-state index contributed by atoms with van der Waals surface area (Å²) in [4.78, 5) is 8.42. The summed E-state index contributed by atoms with van der Waals surface area (Å²) in [6, 6.07) is 4.13. The molecule has 2 aromatic rings. The molecule has 6 heteroatoms. The fraction of sp³-hybridized carbons (Fsp3) is 0.286. The third-order valence-corrected chi connectivity index (χ3v) is 3.08. The summed E-state index contributed by atoms with van der Waals surface area (Å²) >= 11 is 5.83. The minimum Gasteiger partial charge on any atom is -0.394 e. The lowest BCUT2D eigenvalue weighted by atomic mass is 10.1. The van der Waals surface area contributed by atoms with Crippen molar-refractivity contribution in [2.24, 2.45) is 0 Å². The number of benzene rings is 1. The van der Waals surface area contributed by atoms with Crippen LogP contribution in [-0.2, 0) is 0 Å². The average molecular weight is 296 g/mol. The lowest BCUT2D eigenvalue weighted by molar-refractivity contribution is 0.271. The topological polar surface area (TPSA) is 58.0 Å². The maximum Gasteiger partial charge on any atom is 0.145 e. The van der Waals surface area contributed by atoms with E-state index in [1.165, 1.54) is 18.3 Å². The van der Waals surface area contributed by atoms with Crippen molar-refractivity contribution < 1.29 is 9.50 Å². The predicted molar refractivity (Wildman–Crippen MR) is 77.2 cm³/mol. The van der Waals surface area contributed by atoms with Crippen molar-refractivity contribution in [1.82, 2.24) is 9.97 Å². The normalized spacial score (nSPS) is 12.2. The minimum absolute atomic E-state index is 0.00814. The molecule has 1 atom stereocenters. The van der Waals surface area contributed by atoms with Gasteiger partial charge in [-0.05, 0) is 24.6 Å². The molecule has 0 amide bonds. The molecule has 20 heavy (non-hydrogen) atoms. The number of halogens is 2. The number of nitrogens with zero attached hydrogens (tertiary/aromatic N) is 2. The van der Waals surface area contributed by atoms with Crippen molar-refractivity contribution in [2.75, 3.05) is 11.9 Å². The van der Waals surface area contributed by atoms with Crippen molar-refractivity contribution in [2.45, 2.75) is 19.4 Å². The zero-order chi connectivity index (χ0) is 14.5. The van der Waals surface area contributed by atoms with Gasteiger partial charge in [0.1, 0.15) is 11.6 Å². The van der Waals surface area contributed by atoms with Gasteiger partial charge in [0.2, 0.25) is 0 Å². The van der Waals surface area contributed by atoms with Crippen molar-refractivity contribution >= 4 is 17.4 Å². The molecule has 1 unspecified atom stereocenters. The van der Waals surface area contributed by atoms with E-state index in [4.69, 9.17) is 16.7 Å². The molecule has 0 aliphatic rings. The third kappa shape index (κ3) is 3.65. The molecule has 0 radical (unpaired) electrons. The molecule has 1 aromatic carbocycles. The van der Waals surface area contributed by atoms with Crippen LogP contribution in [0.5, 0.6) is 0 Å². The molecule has 0 aliphatic carbocycles. The Balaban J connectivity index is 2.29. The summed E-state index contributed by atoms with van der Waals surface area (Å²) in [5, 5.41) is 12.5. The van der Waals surface area contributed by atoms with Crippen LogP contribution < -0.4 is 5.32 Å². The number of aromatic nitrogens is 2. The number of rotatable bonds is 5. The first-order chi connectivity index (χ1) is 9.62. The monoisotopic (exact) mass is 295 g/mol. The Bertz CT molecular complexity index is 570. The fourth-order valence-electron chi connectivity index (χ4n) is 1.76. The predicted octanol–water partition coefficient (Wildman–Crippen LogP) is 3.12. The lowest BCUT2D eigenvalue weighted by Gasteiger charge is -2.14. The average Bonchev–Trinajstić information content (AvgIpc) is 2.44. The molecule has 0 spiro atoms. The summed E-state index contributed by atoms with van der Waals surface area (Å²) in [7, 11) is 0. The number of anilines is 1. The van der Waals surface area contributed by atoms with Gasteiger partial charge in [0.25, 0.3) is 0 Å². The number of aliphatic hydroxyl groups is 1. The Labute approximate surface area is 121 Å². The molecule has 1 heterocycles. The van der Waals surface area contributed by atoms with Crippen molar-refractivity contribution in [3.8, 4) is 11.3 Å². The van der Waals surface area contributed by atoms with Gasteiger partial charge in [-0.15, -0.1) is 0 Å². The highest BCUT2D eigenvalue weighted by Crippen LogP contribution is 2.23. The molecule has 4 nitrogen and oxygen atoms in total. The molecule has 106 valence electrons. The molecule has 0 aliphatic heterocycles. The second-order valence-corrected chi connectivity index (χ2v) is 4.82. The van der Waals surface area contributed by atoms with Crippen molar-refractivity contribution in [3.63, 3.8) is 0 Å². The lowest BCUT2D eigenvalue weighted by Crippen LogP contribution is -2.23. The SMILES string of the molecule is CCC(CO)Nc1cncc(-c2cc(F)cc(Cl)c2)n1. The largest absolute Gasteiger partial charge is 0.394 e. The van der Waals surface area contributed by atoms with Gasteiger partial charge in [0, 0.05) is 10.6 Å². The first kappa shape index (κ1) is 14.7. The first-order valence-corrected chi connectivity index (χ1v) is 6.66. The van der Waals surface area contributed by atoms with Gasteiger partial charge >= 0.3 is 0 Å². The van der Waals surface area contributed by atoms with Crippen LogP contribution in [0.2, 0.25) is 5.02 Å². The van der Waals surface area contributed by atoms with Gasteiger partial charge in [0.05, 0.1) is 30.7 Å². The van der Waals surface area contributed by atoms with Crippen LogP contribution >= 0.6 is 11.6 Å². The van der Waals surface area contributed by atoms with E-state index >= 15 is 0 Å². The highest BCUT2D eigenvalue weighted by Gasteiger charge is 2.08.